The number of hydrogen-bond acceptors (Lipinski definition) is 5. The normalized spacial score (nSPS) is 11.8. The Kier molecular flexibility index (Phi) is 3.27. The van der Waals surface area contributed by atoms with Crippen LogP contribution in [0.25, 0.3) is 11.2 Å². The highest BCUT2D eigenvalue weighted by atomic mass is 32.1. The SMILES string of the molecule is CC(C)(C)ON(C=O)n1c(S)nc2ncccc21. The maximum absolute atomic E-state index is 11.2. The van der Waals surface area contributed by atoms with Gasteiger partial charge in [0.15, 0.2) is 10.8 Å². The van der Waals surface area contributed by atoms with Gasteiger partial charge in [-0.3, -0.25) is 4.79 Å². The molecule has 7 heteroatoms. The Hall–Kier alpha value is -1.60. The molecule has 18 heavy (non-hydrogen) atoms. The van der Waals surface area contributed by atoms with Crippen LogP contribution in [-0.2, 0) is 9.63 Å². The zero-order valence-corrected chi connectivity index (χ0v) is 11.3. The highest BCUT2D eigenvalue weighted by Gasteiger charge is 2.21. The average molecular weight is 266 g/mol. The second-order valence-corrected chi connectivity index (χ2v) is 5.08. The maximum Gasteiger partial charge on any atom is 0.255 e. The molecule has 0 aliphatic heterocycles. The van der Waals surface area contributed by atoms with E-state index >= 15 is 0 Å². The molecule has 0 aromatic carbocycles. The van der Waals surface area contributed by atoms with Crippen molar-refractivity contribution >= 4 is 30.2 Å². The highest BCUT2D eigenvalue weighted by molar-refractivity contribution is 7.80. The van der Waals surface area contributed by atoms with Crippen LogP contribution in [0.3, 0.4) is 0 Å². The number of pyridine rings is 1. The van der Waals surface area contributed by atoms with E-state index in [2.05, 4.69) is 22.6 Å². The summed E-state index contributed by atoms with van der Waals surface area (Å²) in [5, 5.41) is 1.40. The van der Waals surface area contributed by atoms with E-state index in [9.17, 15) is 4.79 Å². The van der Waals surface area contributed by atoms with Gasteiger partial charge >= 0.3 is 0 Å². The van der Waals surface area contributed by atoms with Crippen LogP contribution in [0.5, 0.6) is 0 Å². The second-order valence-electron chi connectivity index (χ2n) is 4.68. The Morgan fingerprint density at radius 1 is 1.50 bits per heavy atom. The van der Waals surface area contributed by atoms with Gasteiger partial charge in [-0.15, -0.1) is 17.8 Å². The summed E-state index contributed by atoms with van der Waals surface area (Å²) >= 11 is 4.23. The van der Waals surface area contributed by atoms with Gasteiger partial charge in [-0.25, -0.2) is 14.8 Å². The zero-order valence-electron chi connectivity index (χ0n) is 10.4. The number of thiol groups is 1. The standard InChI is InChI=1S/C11H14N4O2S/c1-11(2,3)17-14(7-16)15-8-5-4-6-12-9(8)13-10(15)18/h4-7H,1-3H3,(H,12,13,18). The van der Waals surface area contributed by atoms with Crippen molar-refractivity contribution in [2.75, 3.05) is 5.17 Å². The highest BCUT2D eigenvalue weighted by Crippen LogP contribution is 2.18. The first-order valence-corrected chi connectivity index (χ1v) is 5.83. The van der Waals surface area contributed by atoms with Crippen LogP contribution in [0.4, 0.5) is 0 Å². The van der Waals surface area contributed by atoms with Crippen molar-refractivity contribution in [1.82, 2.24) is 14.6 Å². The molecule has 0 radical (unpaired) electrons. The maximum atomic E-state index is 11.2. The molecule has 2 heterocycles. The van der Waals surface area contributed by atoms with E-state index in [1.807, 2.05) is 20.8 Å². The lowest BCUT2D eigenvalue weighted by Crippen LogP contribution is -2.40. The Balaban J connectivity index is 2.51. The van der Waals surface area contributed by atoms with Crippen molar-refractivity contribution in [3.63, 3.8) is 0 Å². The Morgan fingerprint density at radius 3 is 2.83 bits per heavy atom. The number of fused-ring (bicyclic) bond motifs is 1. The molecule has 0 fully saturated rings. The largest absolute Gasteiger partial charge is 0.274 e. The van der Waals surface area contributed by atoms with Gasteiger partial charge in [-0.2, -0.15) is 4.68 Å². The molecular weight excluding hydrogens is 252 g/mol. The quantitative estimate of drug-likeness (QED) is 0.520. The summed E-state index contributed by atoms with van der Waals surface area (Å²) in [6, 6.07) is 3.55. The van der Waals surface area contributed by atoms with Crippen molar-refractivity contribution in [2.24, 2.45) is 0 Å². The third-order valence-corrected chi connectivity index (χ3v) is 2.33. The number of carbonyl (C=O) groups excluding carboxylic acids is 1. The molecule has 0 saturated carbocycles. The first-order valence-electron chi connectivity index (χ1n) is 5.39. The van der Waals surface area contributed by atoms with E-state index in [1.54, 1.807) is 18.3 Å². The molecule has 2 aromatic rings. The molecule has 0 N–H and O–H groups in total. The fourth-order valence-corrected chi connectivity index (χ4v) is 1.76. The molecule has 1 amide bonds. The van der Waals surface area contributed by atoms with Gasteiger partial charge in [0, 0.05) is 6.20 Å². The number of hydroxylamine groups is 1. The molecule has 0 aliphatic rings. The lowest BCUT2D eigenvalue weighted by Gasteiger charge is -2.27. The molecular formula is C11H14N4O2S. The summed E-state index contributed by atoms with van der Waals surface area (Å²) in [5.41, 5.74) is 0.644. The molecule has 6 nitrogen and oxygen atoms in total. The molecule has 96 valence electrons. The van der Waals surface area contributed by atoms with Crippen molar-refractivity contribution in [3.8, 4) is 0 Å². The minimum Gasteiger partial charge on any atom is -0.274 e. The van der Waals surface area contributed by atoms with E-state index in [4.69, 9.17) is 4.84 Å². The second kappa shape index (κ2) is 4.58. The monoisotopic (exact) mass is 266 g/mol. The summed E-state index contributed by atoms with van der Waals surface area (Å²) in [4.78, 5) is 25.0. The minimum atomic E-state index is -0.514. The predicted octanol–water partition coefficient (Wildman–Crippen LogP) is 1.54. The van der Waals surface area contributed by atoms with E-state index < -0.39 is 5.60 Å². The van der Waals surface area contributed by atoms with Crippen molar-refractivity contribution in [1.29, 1.82) is 0 Å². The number of aromatic nitrogens is 3. The summed E-state index contributed by atoms with van der Waals surface area (Å²) in [7, 11) is 0. The summed E-state index contributed by atoms with van der Waals surface area (Å²) in [5.74, 6) is 0. The van der Waals surface area contributed by atoms with Gasteiger partial charge in [0.05, 0.1) is 5.60 Å². The van der Waals surface area contributed by atoms with Crippen LogP contribution in [0.2, 0.25) is 0 Å². The summed E-state index contributed by atoms with van der Waals surface area (Å²) in [6.07, 6.45) is 2.20. The van der Waals surface area contributed by atoms with Crippen molar-refractivity contribution in [3.05, 3.63) is 18.3 Å². The fourth-order valence-electron chi connectivity index (χ4n) is 1.47. The van der Waals surface area contributed by atoms with Gasteiger partial charge < -0.3 is 0 Å². The van der Waals surface area contributed by atoms with Crippen molar-refractivity contribution in [2.45, 2.75) is 31.5 Å². The molecule has 0 aliphatic carbocycles. The van der Waals surface area contributed by atoms with Gasteiger partial charge in [-0.05, 0) is 32.9 Å². The Labute approximate surface area is 110 Å². The van der Waals surface area contributed by atoms with E-state index in [0.717, 1.165) is 5.17 Å². The Morgan fingerprint density at radius 2 is 2.22 bits per heavy atom. The van der Waals surface area contributed by atoms with E-state index in [-0.39, 0.29) is 0 Å². The lowest BCUT2D eigenvalue weighted by molar-refractivity contribution is -0.127. The number of carbonyl (C=O) groups is 1. The first-order chi connectivity index (χ1) is 8.42. The fraction of sp³-hybridized carbons (Fsp3) is 0.364. The predicted molar refractivity (Wildman–Crippen MR) is 69.9 cm³/mol. The third kappa shape index (κ3) is 2.46. The molecule has 0 bridgehead atoms. The van der Waals surface area contributed by atoms with Crippen LogP contribution in [-0.4, -0.2) is 26.7 Å². The van der Waals surface area contributed by atoms with E-state index in [1.165, 1.54) is 4.68 Å². The Bertz CT molecular complexity index is 576. The van der Waals surface area contributed by atoms with Gasteiger partial charge in [0.1, 0.15) is 5.52 Å². The molecule has 2 rings (SSSR count). The number of rotatable bonds is 3. The van der Waals surface area contributed by atoms with Crippen LogP contribution in [0.15, 0.2) is 23.5 Å². The molecule has 0 unspecified atom stereocenters. The molecule has 0 saturated heterocycles. The topological polar surface area (TPSA) is 60.2 Å². The molecule has 2 aromatic heterocycles. The van der Waals surface area contributed by atoms with Crippen molar-refractivity contribution < 1.29 is 9.63 Å². The number of imidazole rings is 1. The van der Waals surface area contributed by atoms with Crippen LogP contribution >= 0.6 is 12.6 Å². The first kappa shape index (κ1) is 12.8. The number of nitrogens with zero attached hydrogens (tertiary/aromatic N) is 4. The van der Waals surface area contributed by atoms with Crippen LogP contribution < -0.4 is 5.17 Å². The van der Waals surface area contributed by atoms with Gasteiger partial charge in [0.2, 0.25) is 0 Å². The average Bonchev–Trinajstić information content (AvgIpc) is 2.61. The van der Waals surface area contributed by atoms with Gasteiger partial charge in [-0.1, -0.05) is 0 Å². The smallest absolute Gasteiger partial charge is 0.255 e. The lowest BCUT2D eigenvalue weighted by atomic mass is 10.2. The van der Waals surface area contributed by atoms with Crippen LogP contribution in [0, 0.1) is 0 Å². The number of amides is 1. The number of hydrogen-bond donors (Lipinski definition) is 1. The summed E-state index contributed by atoms with van der Waals surface area (Å²) in [6.45, 7) is 5.54. The van der Waals surface area contributed by atoms with E-state index in [0.29, 0.717) is 22.7 Å². The minimum absolute atomic E-state index is 0.333. The zero-order chi connectivity index (χ0) is 13.3. The molecule has 0 atom stereocenters. The third-order valence-electron chi connectivity index (χ3n) is 2.04. The summed E-state index contributed by atoms with van der Waals surface area (Å²) < 4.78 is 1.46. The van der Waals surface area contributed by atoms with Crippen LogP contribution in [0.1, 0.15) is 20.8 Å². The molecule has 0 spiro atoms. The van der Waals surface area contributed by atoms with Gasteiger partial charge in [0.25, 0.3) is 6.41 Å².